The number of fused-ring (bicyclic) bond motifs is 5. The van der Waals surface area contributed by atoms with E-state index in [1.807, 2.05) is 0 Å². The predicted octanol–water partition coefficient (Wildman–Crippen LogP) is 4.93. The van der Waals surface area contributed by atoms with Crippen molar-refractivity contribution in [1.82, 2.24) is 16.0 Å². The smallest absolute Gasteiger partial charge is 0.0459 e. The third-order valence-electron chi connectivity index (χ3n) is 12.2. The maximum absolute atomic E-state index is 9.90. The average molecular weight is 519 g/mol. The van der Waals surface area contributed by atoms with E-state index in [0.717, 1.165) is 74.8 Å². The van der Waals surface area contributed by atoms with Crippen LogP contribution in [0.25, 0.3) is 0 Å². The van der Waals surface area contributed by atoms with E-state index in [9.17, 15) is 5.11 Å². The number of hydrogen-bond donors (Lipinski definition) is 5. The molecule has 5 nitrogen and oxygen atoms in total. The number of nitrogens with one attached hydrogen (secondary N) is 3. The Morgan fingerprint density at radius 3 is 2.19 bits per heavy atom. The predicted molar refractivity (Wildman–Crippen MR) is 157 cm³/mol. The van der Waals surface area contributed by atoms with Crippen molar-refractivity contribution in [3.63, 3.8) is 0 Å². The van der Waals surface area contributed by atoms with Crippen LogP contribution in [-0.2, 0) is 0 Å². The van der Waals surface area contributed by atoms with E-state index in [4.69, 9.17) is 5.73 Å². The molecular formula is C32H62N4O. The van der Waals surface area contributed by atoms with Crippen LogP contribution in [0.1, 0.15) is 104 Å². The van der Waals surface area contributed by atoms with Gasteiger partial charge < -0.3 is 26.8 Å². The Morgan fingerprint density at radius 1 is 0.784 bits per heavy atom. The van der Waals surface area contributed by atoms with Crippen LogP contribution >= 0.6 is 0 Å². The van der Waals surface area contributed by atoms with Crippen molar-refractivity contribution in [2.75, 3.05) is 45.9 Å². The second-order valence-corrected chi connectivity index (χ2v) is 14.2. The zero-order chi connectivity index (χ0) is 26.3. The topological polar surface area (TPSA) is 82.3 Å². The first kappa shape index (κ1) is 29.8. The van der Waals surface area contributed by atoms with Gasteiger partial charge in [0.25, 0.3) is 0 Å². The summed E-state index contributed by atoms with van der Waals surface area (Å²) in [6, 6.07) is 0.740. The third-order valence-corrected chi connectivity index (χ3v) is 12.2. The maximum Gasteiger partial charge on any atom is 0.0459 e. The molecule has 0 spiro atoms. The molecule has 0 saturated heterocycles. The summed E-state index contributed by atoms with van der Waals surface area (Å²) >= 11 is 0. The molecule has 4 fully saturated rings. The molecule has 216 valence electrons. The Hall–Kier alpha value is -0.200. The molecule has 0 amide bonds. The number of aliphatic hydroxyl groups excluding tert-OH is 1. The van der Waals surface area contributed by atoms with Crippen LogP contribution < -0.4 is 21.7 Å². The monoisotopic (exact) mass is 518 g/mol. The normalized spacial score (nSPS) is 40.1. The van der Waals surface area contributed by atoms with Gasteiger partial charge >= 0.3 is 0 Å². The van der Waals surface area contributed by atoms with Gasteiger partial charge in [-0.1, -0.05) is 20.8 Å². The molecule has 4 aliphatic carbocycles. The first-order valence-electron chi connectivity index (χ1n) is 16.4. The summed E-state index contributed by atoms with van der Waals surface area (Å²) in [4.78, 5) is 0. The lowest BCUT2D eigenvalue weighted by atomic mass is 9.44. The summed E-state index contributed by atoms with van der Waals surface area (Å²) in [6.07, 6.45) is 17.7. The fourth-order valence-corrected chi connectivity index (χ4v) is 10.0. The summed E-state index contributed by atoms with van der Waals surface area (Å²) in [5.41, 5.74) is 6.59. The summed E-state index contributed by atoms with van der Waals surface area (Å²) in [6.45, 7) is 14.4. The van der Waals surface area contributed by atoms with E-state index < -0.39 is 0 Å². The Morgan fingerprint density at radius 2 is 1.46 bits per heavy atom. The summed E-state index contributed by atoms with van der Waals surface area (Å²) < 4.78 is 0. The van der Waals surface area contributed by atoms with Gasteiger partial charge in [0.05, 0.1) is 0 Å². The van der Waals surface area contributed by atoms with Gasteiger partial charge in [-0.15, -0.1) is 0 Å². The van der Waals surface area contributed by atoms with Crippen LogP contribution in [0.15, 0.2) is 0 Å². The highest BCUT2D eigenvalue weighted by atomic mass is 16.3. The highest BCUT2D eigenvalue weighted by molar-refractivity contribution is 5.10. The fourth-order valence-electron chi connectivity index (χ4n) is 10.0. The van der Waals surface area contributed by atoms with Gasteiger partial charge in [-0.2, -0.15) is 0 Å². The molecule has 0 aromatic heterocycles. The molecule has 5 heteroatoms. The molecule has 4 saturated carbocycles. The standard InChI is InChI=1S/C32H62N4O/c1-24(23-37)28-10-11-29-27-9-8-25-22-26(12-14-31(25,2)30(27)13-15-32(28,29)3)36-21-7-20-35-18-5-4-17-34-19-6-16-33/h24-30,34-37H,4-23,33H2,1-3H3/t24-,25+,26-,27?,28?,29?,30?,31+,32-/m1/s1. The minimum Gasteiger partial charge on any atom is -0.396 e. The van der Waals surface area contributed by atoms with E-state index in [2.05, 4.69) is 36.7 Å². The second kappa shape index (κ2) is 13.9. The molecule has 0 aliphatic heterocycles. The van der Waals surface area contributed by atoms with E-state index >= 15 is 0 Å². The summed E-state index contributed by atoms with van der Waals surface area (Å²) in [7, 11) is 0. The third kappa shape index (κ3) is 6.76. The highest BCUT2D eigenvalue weighted by Crippen LogP contribution is 2.68. The Balaban J connectivity index is 1.14. The molecular weight excluding hydrogens is 456 g/mol. The van der Waals surface area contributed by atoms with Crippen molar-refractivity contribution >= 4 is 0 Å². The van der Waals surface area contributed by atoms with Gasteiger partial charge in [-0.3, -0.25) is 0 Å². The zero-order valence-electron chi connectivity index (χ0n) is 24.7. The van der Waals surface area contributed by atoms with Gasteiger partial charge in [-0.05, 0) is 169 Å². The van der Waals surface area contributed by atoms with E-state index in [0.29, 0.717) is 23.4 Å². The number of rotatable bonds is 15. The van der Waals surface area contributed by atoms with Gasteiger partial charge in [-0.25, -0.2) is 0 Å². The number of aliphatic hydroxyl groups is 1. The number of nitrogens with two attached hydrogens (primary N) is 1. The minimum atomic E-state index is 0.374. The molecule has 37 heavy (non-hydrogen) atoms. The molecule has 9 atom stereocenters. The van der Waals surface area contributed by atoms with Crippen molar-refractivity contribution in [3.05, 3.63) is 0 Å². The lowest BCUT2D eigenvalue weighted by Crippen LogP contribution is -2.55. The Labute approximate surface area is 229 Å². The van der Waals surface area contributed by atoms with Gasteiger partial charge in [0.15, 0.2) is 0 Å². The molecule has 4 unspecified atom stereocenters. The average Bonchev–Trinajstić information content (AvgIpc) is 3.26. The molecule has 6 N–H and O–H groups in total. The lowest BCUT2D eigenvalue weighted by molar-refractivity contribution is -0.118. The van der Waals surface area contributed by atoms with Crippen LogP contribution in [-0.4, -0.2) is 57.0 Å². The van der Waals surface area contributed by atoms with Crippen LogP contribution in [0.3, 0.4) is 0 Å². The van der Waals surface area contributed by atoms with Crippen LogP contribution in [0.2, 0.25) is 0 Å². The van der Waals surface area contributed by atoms with Crippen LogP contribution in [0, 0.1) is 46.3 Å². The Kier molecular flexibility index (Phi) is 11.2. The van der Waals surface area contributed by atoms with Crippen molar-refractivity contribution < 1.29 is 5.11 Å². The molecule has 0 aromatic carbocycles. The molecule has 0 radical (unpaired) electrons. The number of hydrogen-bond acceptors (Lipinski definition) is 5. The van der Waals surface area contributed by atoms with Crippen molar-refractivity contribution in [3.8, 4) is 0 Å². The largest absolute Gasteiger partial charge is 0.396 e. The van der Waals surface area contributed by atoms with Gasteiger partial charge in [0.1, 0.15) is 0 Å². The van der Waals surface area contributed by atoms with Crippen molar-refractivity contribution in [2.45, 2.75) is 110 Å². The molecule has 0 bridgehead atoms. The molecule has 4 rings (SSSR count). The van der Waals surface area contributed by atoms with Crippen LogP contribution in [0.4, 0.5) is 0 Å². The maximum atomic E-state index is 9.90. The van der Waals surface area contributed by atoms with E-state index in [1.54, 1.807) is 0 Å². The molecule has 0 heterocycles. The van der Waals surface area contributed by atoms with E-state index in [1.165, 1.54) is 83.6 Å². The summed E-state index contributed by atoms with van der Waals surface area (Å²) in [5, 5.41) is 21.0. The second-order valence-electron chi connectivity index (χ2n) is 14.2. The molecule has 4 aliphatic rings. The lowest BCUT2D eigenvalue weighted by Gasteiger charge is -2.61. The van der Waals surface area contributed by atoms with Crippen molar-refractivity contribution in [1.29, 1.82) is 0 Å². The van der Waals surface area contributed by atoms with Gasteiger partial charge in [0.2, 0.25) is 0 Å². The SMILES string of the molecule is C[C@H](CO)C1CCC2C3CC[C@H]4C[C@H](NCCCNCCCCNCCCN)CC[C@]4(C)C3CC[C@@]21C. The zero-order valence-corrected chi connectivity index (χ0v) is 24.7. The van der Waals surface area contributed by atoms with Crippen LogP contribution in [0.5, 0.6) is 0 Å². The Bertz CT molecular complexity index is 675. The van der Waals surface area contributed by atoms with Crippen molar-refractivity contribution in [2.24, 2.45) is 52.1 Å². The summed E-state index contributed by atoms with van der Waals surface area (Å²) in [5.74, 6) is 4.96. The minimum absolute atomic E-state index is 0.374. The fraction of sp³-hybridized carbons (Fsp3) is 1.00. The highest BCUT2D eigenvalue weighted by Gasteiger charge is 2.60. The first-order valence-corrected chi connectivity index (χ1v) is 16.4. The first-order chi connectivity index (χ1) is 17.9. The number of unbranched alkanes of at least 4 members (excludes halogenated alkanes) is 1. The van der Waals surface area contributed by atoms with E-state index in [-0.39, 0.29) is 0 Å². The quantitative estimate of drug-likeness (QED) is 0.199. The van der Waals surface area contributed by atoms with Gasteiger partial charge in [0, 0.05) is 12.6 Å². The molecule has 0 aromatic rings.